The fourth-order valence-corrected chi connectivity index (χ4v) is 1.79. The Kier molecular flexibility index (Phi) is 3.00. The highest BCUT2D eigenvalue weighted by Crippen LogP contribution is 2.12. The van der Waals surface area contributed by atoms with Crippen LogP contribution in [0, 0.1) is 0 Å². The van der Waals surface area contributed by atoms with Crippen LogP contribution in [-0.4, -0.2) is 52.4 Å². The smallest absolute Gasteiger partial charge is 0.356 e. The van der Waals surface area contributed by atoms with Crippen molar-refractivity contribution in [3.8, 4) is 0 Å². The average Bonchev–Trinajstić information content (AvgIpc) is 2.65. The standard InChI is InChI=1S/C10H14N4O2/c1-14-5-4-7(6-14)11-9-3-2-8(10(15)16)12-13-9/h2-3,7H,4-6H2,1H3,(H,11,13)(H,15,16). The summed E-state index contributed by atoms with van der Waals surface area (Å²) < 4.78 is 0. The highest BCUT2D eigenvalue weighted by Gasteiger charge is 2.19. The molecule has 86 valence electrons. The maximum absolute atomic E-state index is 10.6. The third kappa shape index (κ3) is 2.46. The molecule has 6 heteroatoms. The highest BCUT2D eigenvalue weighted by atomic mass is 16.4. The molecule has 1 aromatic rings. The van der Waals surface area contributed by atoms with Gasteiger partial charge in [0, 0.05) is 12.6 Å². The van der Waals surface area contributed by atoms with Crippen LogP contribution in [0.3, 0.4) is 0 Å². The second kappa shape index (κ2) is 4.44. The van der Waals surface area contributed by atoms with E-state index in [1.165, 1.54) is 6.07 Å². The molecule has 0 amide bonds. The molecule has 0 aliphatic carbocycles. The summed E-state index contributed by atoms with van der Waals surface area (Å²) in [6.07, 6.45) is 1.07. The Morgan fingerprint density at radius 3 is 2.88 bits per heavy atom. The second-order valence-corrected chi connectivity index (χ2v) is 4.00. The van der Waals surface area contributed by atoms with Gasteiger partial charge in [0.05, 0.1) is 0 Å². The lowest BCUT2D eigenvalue weighted by molar-refractivity contribution is 0.0689. The number of carboxylic acid groups (broad SMARTS) is 1. The lowest BCUT2D eigenvalue weighted by Crippen LogP contribution is -2.24. The van der Waals surface area contributed by atoms with Gasteiger partial charge in [-0.1, -0.05) is 0 Å². The van der Waals surface area contributed by atoms with Crippen molar-refractivity contribution >= 4 is 11.8 Å². The monoisotopic (exact) mass is 222 g/mol. The van der Waals surface area contributed by atoms with Gasteiger partial charge < -0.3 is 15.3 Å². The molecule has 1 aliphatic heterocycles. The minimum absolute atomic E-state index is 0.0333. The molecule has 0 radical (unpaired) electrons. The SMILES string of the molecule is CN1CCC(Nc2ccc(C(=O)O)nn2)C1. The zero-order valence-electron chi connectivity index (χ0n) is 9.05. The van der Waals surface area contributed by atoms with Crippen LogP contribution in [0.4, 0.5) is 5.82 Å². The normalized spacial score (nSPS) is 20.9. The van der Waals surface area contributed by atoms with Crippen LogP contribution in [0.2, 0.25) is 0 Å². The highest BCUT2D eigenvalue weighted by molar-refractivity contribution is 5.85. The molecule has 1 unspecified atom stereocenters. The van der Waals surface area contributed by atoms with Gasteiger partial charge in [0.15, 0.2) is 5.69 Å². The molecule has 0 aromatic carbocycles. The second-order valence-electron chi connectivity index (χ2n) is 4.00. The van der Waals surface area contributed by atoms with Crippen LogP contribution in [0.5, 0.6) is 0 Å². The molecule has 1 fully saturated rings. The zero-order valence-corrected chi connectivity index (χ0v) is 9.05. The van der Waals surface area contributed by atoms with E-state index in [-0.39, 0.29) is 5.69 Å². The number of aromatic nitrogens is 2. The van der Waals surface area contributed by atoms with Crippen LogP contribution in [0.25, 0.3) is 0 Å². The number of likely N-dealkylation sites (N-methyl/N-ethyl adjacent to an activating group) is 1. The molecular formula is C10H14N4O2. The number of anilines is 1. The summed E-state index contributed by atoms with van der Waals surface area (Å²) in [5.74, 6) is -0.426. The molecule has 1 aromatic heterocycles. The third-order valence-electron chi connectivity index (χ3n) is 2.63. The molecule has 0 spiro atoms. The van der Waals surface area contributed by atoms with E-state index in [1.54, 1.807) is 6.07 Å². The van der Waals surface area contributed by atoms with Crippen molar-refractivity contribution in [2.75, 3.05) is 25.5 Å². The van der Waals surface area contributed by atoms with E-state index in [1.807, 2.05) is 0 Å². The Morgan fingerprint density at radius 2 is 2.38 bits per heavy atom. The molecule has 2 rings (SSSR count). The van der Waals surface area contributed by atoms with E-state index in [9.17, 15) is 4.79 Å². The maximum Gasteiger partial charge on any atom is 0.356 e. The van der Waals surface area contributed by atoms with E-state index in [4.69, 9.17) is 5.11 Å². The molecule has 16 heavy (non-hydrogen) atoms. The Morgan fingerprint density at radius 1 is 1.56 bits per heavy atom. The Hall–Kier alpha value is -1.69. The number of carboxylic acids is 1. The van der Waals surface area contributed by atoms with E-state index in [0.29, 0.717) is 11.9 Å². The maximum atomic E-state index is 10.6. The van der Waals surface area contributed by atoms with E-state index in [0.717, 1.165) is 19.5 Å². The van der Waals surface area contributed by atoms with Crippen molar-refractivity contribution in [3.63, 3.8) is 0 Å². The molecule has 0 bridgehead atoms. The van der Waals surface area contributed by atoms with Gasteiger partial charge in [0.2, 0.25) is 0 Å². The summed E-state index contributed by atoms with van der Waals surface area (Å²) in [6.45, 7) is 2.04. The lowest BCUT2D eigenvalue weighted by atomic mass is 10.2. The first-order valence-corrected chi connectivity index (χ1v) is 5.17. The number of aromatic carboxylic acids is 1. The van der Waals surface area contributed by atoms with Gasteiger partial charge in [-0.25, -0.2) is 4.79 Å². The topological polar surface area (TPSA) is 78.4 Å². The predicted molar refractivity (Wildman–Crippen MR) is 58.5 cm³/mol. The fourth-order valence-electron chi connectivity index (χ4n) is 1.79. The van der Waals surface area contributed by atoms with Gasteiger partial charge in [0.1, 0.15) is 5.82 Å². The van der Waals surface area contributed by atoms with E-state index in [2.05, 4.69) is 27.5 Å². The first-order chi connectivity index (χ1) is 7.65. The van der Waals surface area contributed by atoms with Gasteiger partial charge in [-0.3, -0.25) is 0 Å². The van der Waals surface area contributed by atoms with Crippen LogP contribution in [0.15, 0.2) is 12.1 Å². The third-order valence-corrected chi connectivity index (χ3v) is 2.63. The predicted octanol–water partition coefficient (Wildman–Crippen LogP) is 0.291. The largest absolute Gasteiger partial charge is 0.476 e. The van der Waals surface area contributed by atoms with E-state index >= 15 is 0 Å². The first kappa shape index (κ1) is 10.8. The molecular weight excluding hydrogens is 208 g/mol. The van der Waals surface area contributed by atoms with E-state index < -0.39 is 5.97 Å². The average molecular weight is 222 g/mol. The summed E-state index contributed by atoms with van der Waals surface area (Å²) >= 11 is 0. The zero-order chi connectivity index (χ0) is 11.5. The van der Waals surface area contributed by atoms with Gasteiger partial charge >= 0.3 is 5.97 Å². The van der Waals surface area contributed by atoms with Gasteiger partial charge in [-0.2, -0.15) is 0 Å². The van der Waals surface area contributed by atoms with Crippen molar-refractivity contribution in [1.82, 2.24) is 15.1 Å². The Labute approximate surface area is 93.3 Å². The number of hydrogen-bond acceptors (Lipinski definition) is 5. The molecule has 1 atom stereocenters. The number of nitrogens with zero attached hydrogens (tertiary/aromatic N) is 3. The first-order valence-electron chi connectivity index (χ1n) is 5.17. The molecule has 2 N–H and O–H groups in total. The summed E-state index contributed by atoms with van der Waals surface area (Å²) in [4.78, 5) is 12.8. The van der Waals surface area contributed by atoms with Crippen molar-refractivity contribution < 1.29 is 9.90 Å². The van der Waals surface area contributed by atoms with Crippen LogP contribution in [0.1, 0.15) is 16.9 Å². The number of carbonyl (C=O) groups is 1. The number of rotatable bonds is 3. The summed E-state index contributed by atoms with van der Waals surface area (Å²) in [5.41, 5.74) is -0.0333. The Balaban J connectivity index is 1.97. The summed E-state index contributed by atoms with van der Waals surface area (Å²) in [6, 6.07) is 3.47. The summed E-state index contributed by atoms with van der Waals surface area (Å²) in [5, 5.41) is 19.3. The molecule has 0 saturated carbocycles. The van der Waals surface area contributed by atoms with Gasteiger partial charge in [0.25, 0.3) is 0 Å². The number of likely N-dealkylation sites (tertiary alicyclic amines) is 1. The minimum Gasteiger partial charge on any atom is -0.476 e. The van der Waals surface area contributed by atoms with Gasteiger partial charge in [-0.05, 0) is 32.1 Å². The number of hydrogen-bond donors (Lipinski definition) is 2. The number of nitrogens with one attached hydrogen (secondary N) is 1. The Bertz CT molecular complexity index is 379. The minimum atomic E-state index is -1.06. The lowest BCUT2D eigenvalue weighted by Gasteiger charge is -2.12. The summed E-state index contributed by atoms with van der Waals surface area (Å²) in [7, 11) is 2.07. The van der Waals surface area contributed by atoms with Crippen molar-refractivity contribution in [1.29, 1.82) is 0 Å². The van der Waals surface area contributed by atoms with Crippen molar-refractivity contribution in [3.05, 3.63) is 17.8 Å². The molecule has 6 nitrogen and oxygen atoms in total. The molecule has 2 heterocycles. The van der Waals surface area contributed by atoms with Crippen LogP contribution < -0.4 is 5.32 Å². The molecule has 1 saturated heterocycles. The molecule has 1 aliphatic rings. The van der Waals surface area contributed by atoms with Crippen molar-refractivity contribution in [2.24, 2.45) is 0 Å². The van der Waals surface area contributed by atoms with Crippen molar-refractivity contribution in [2.45, 2.75) is 12.5 Å². The van der Waals surface area contributed by atoms with Crippen LogP contribution in [-0.2, 0) is 0 Å². The quantitative estimate of drug-likeness (QED) is 0.765. The van der Waals surface area contributed by atoms with Gasteiger partial charge in [-0.15, -0.1) is 10.2 Å². The fraction of sp³-hybridized carbons (Fsp3) is 0.500. The van der Waals surface area contributed by atoms with Crippen LogP contribution >= 0.6 is 0 Å².